The van der Waals surface area contributed by atoms with Gasteiger partial charge >= 0.3 is 12.0 Å². The van der Waals surface area contributed by atoms with Crippen molar-refractivity contribution in [2.45, 2.75) is 13.1 Å². The standard InChI is InChI=1S/C29H26N6O5S/c36-25(30-15-20-18-41-29(32-20)33-28(40)31-14-19-8-2-1-3-9-19)16-35-24-13-7-6-12-23(24)34(17-26(37)38)22-11-5-4-10-21(22)27(35)39/h1-13,18H,14-17H2,(H,30,36)(H,37,38)(H2,31,32,33,40). The molecule has 12 heteroatoms. The molecule has 0 radical (unpaired) electrons. The van der Waals surface area contributed by atoms with E-state index in [1.165, 1.54) is 16.2 Å². The number of hydrogen-bond donors (Lipinski definition) is 4. The monoisotopic (exact) mass is 570 g/mol. The van der Waals surface area contributed by atoms with Crippen molar-refractivity contribution in [3.8, 4) is 0 Å². The molecule has 0 saturated heterocycles. The molecule has 5 rings (SSSR count). The molecule has 1 aliphatic rings. The van der Waals surface area contributed by atoms with Gasteiger partial charge in [-0.05, 0) is 29.8 Å². The van der Waals surface area contributed by atoms with E-state index in [1.807, 2.05) is 30.3 Å². The number of anilines is 4. The second-order valence-electron chi connectivity index (χ2n) is 9.09. The molecule has 0 fully saturated rings. The molecule has 4 aromatic rings. The van der Waals surface area contributed by atoms with Crippen LogP contribution in [0.3, 0.4) is 0 Å². The van der Waals surface area contributed by atoms with E-state index < -0.39 is 23.8 Å². The van der Waals surface area contributed by atoms with Crippen molar-refractivity contribution >= 4 is 57.3 Å². The van der Waals surface area contributed by atoms with Crippen LogP contribution in [0.1, 0.15) is 21.6 Å². The minimum atomic E-state index is -1.06. The van der Waals surface area contributed by atoms with Crippen LogP contribution in [-0.4, -0.2) is 47.0 Å². The molecule has 0 saturated carbocycles. The minimum absolute atomic E-state index is 0.0913. The number of aliphatic carboxylic acids is 1. The second kappa shape index (κ2) is 12.3. The number of para-hydroxylation sites is 3. The molecule has 41 heavy (non-hydrogen) atoms. The van der Waals surface area contributed by atoms with Crippen molar-refractivity contribution < 1.29 is 24.3 Å². The van der Waals surface area contributed by atoms with E-state index in [4.69, 9.17) is 0 Å². The number of nitrogens with zero attached hydrogens (tertiary/aromatic N) is 3. The highest BCUT2D eigenvalue weighted by Crippen LogP contribution is 2.40. The van der Waals surface area contributed by atoms with Gasteiger partial charge in [-0.1, -0.05) is 54.6 Å². The number of nitrogens with one attached hydrogen (secondary N) is 3. The molecule has 0 aliphatic carbocycles. The second-order valence-corrected chi connectivity index (χ2v) is 9.95. The first kappa shape index (κ1) is 27.3. The number of carbonyl (C=O) groups excluding carboxylic acids is 3. The normalized spacial score (nSPS) is 12.1. The molecule has 208 valence electrons. The van der Waals surface area contributed by atoms with Crippen LogP contribution in [-0.2, 0) is 22.7 Å². The number of carbonyl (C=O) groups is 4. The summed E-state index contributed by atoms with van der Waals surface area (Å²) in [5.74, 6) is -1.91. The van der Waals surface area contributed by atoms with Crippen LogP contribution in [0.2, 0.25) is 0 Å². The number of aromatic nitrogens is 1. The summed E-state index contributed by atoms with van der Waals surface area (Å²) >= 11 is 1.23. The lowest BCUT2D eigenvalue weighted by Gasteiger charge is -2.25. The molecule has 0 spiro atoms. The lowest BCUT2D eigenvalue weighted by molar-refractivity contribution is -0.135. The molecule has 4 N–H and O–H groups in total. The van der Waals surface area contributed by atoms with Crippen molar-refractivity contribution in [2.24, 2.45) is 0 Å². The molecular weight excluding hydrogens is 544 g/mol. The summed E-state index contributed by atoms with van der Waals surface area (Å²) in [5.41, 5.74) is 3.17. The van der Waals surface area contributed by atoms with Gasteiger partial charge in [0.2, 0.25) is 5.91 Å². The van der Waals surface area contributed by atoms with Crippen molar-refractivity contribution in [2.75, 3.05) is 28.2 Å². The average Bonchev–Trinajstić information content (AvgIpc) is 3.40. The van der Waals surface area contributed by atoms with Crippen LogP contribution in [0.4, 0.5) is 27.0 Å². The first-order chi connectivity index (χ1) is 19.9. The van der Waals surface area contributed by atoms with E-state index >= 15 is 0 Å². The molecule has 11 nitrogen and oxygen atoms in total. The van der Waals surface area contributed by atoms with Crippen molar-refractivity contribution in [1.29, 1.82) is 0 Å². The topological polar surface area (TPSA) is 144 Å². The summed E-state index contributed by atoms with van der Waals surface area (Å²) in [5, 5.41) is 19.9. The first-order valence-electron chi connectivity index (χ1n) is 12.7. The Balaban J connectivity index is 1.24. The van der Waals surface area contributed by atoms with E-state index in [-0.39, 0.29) is 19.6 Å². The van der Waals surface area contributed by atoms with Gasteiger partial charge in [0.15, 0.2) is 5.13 Å². The third-order valence-corrected chi connectivity index (χ3v) is 7.07. The van der Waals surface area contributed by atoms with E-state index in [1.54, 1.807) is 58.8 Å². The summed E-state index contributed by atoms with van der Waals surface area (Å²) < 4.78 is 0. The Bertz CT molecular complexity index is 1590. The van der Waals surface area contributed by atoms with Crippen LogP contribution in [0.25, 0.3) is 0 Å². The Morgan fingerprint density at radius 3 is 2.17 bits per heavy atom. The lowest BCUT2D eigenvalue weighted by Crippen LogP contribution is -2.40. The predicted octanol–water partition coefficient (Wildman–Crippen LogP) is 3.96. The molecule has 0 unspecified atom stereocenters. The number of benzene rings is 3. The number of hydrogen-bond acceptors (Lipinski definition) is 7. The van der Waals surface area contributed by atoms with E-state index in [9.17, 15) is 24.3 Å². The zero-order chi connectivity index (χ0) is 28.8. The Morgan fingerprint density at radius 1 is 0.780 bits per heavy atom. The predicted molar refractivity (Wildman–Crippen MR) is 155 cm³/mol. The smallest absolute Gasteiger partial charge is 0.323 e. The maximum absolute atomic E-state index is 13.6. The van der Waals surface area contributed by atoms with Crippen molar-refractivity contribution in [3.63, 3.8) is 0 Å². The molecule has 1 aromatic heterocycles. The summed E-state index contributed by atoms with van der Waals surface area (Å²) in [6, 6.07) is 22.7. The molecular formula is C29H26N6O5S. The highest BCUT2D eigenvalue weighted by Gasteiger charge is 2.32. The van der Waals surface area contributed by atoms with E-state index in [2.05, 4.69) is 20.9 Å². The number of carboxylic acids is 1. The Labute approximate surface area is 239 Å². The van der Waals surface area contributed by atoms with Gasteiger partial charge in [-0.2, -0.15) is 0 Å². The zero-order valence-corrected chi connectivity index (χ0v) is 22.6. The van der Waals surface area contributed by atoms with Crippen LogP contribution >= 0.6 is 11.3 Å². The summed E-state index contributed by atoms with van der Waals surface area (Å²) in [6.07, 6.45) is 0. The van der Waals surface area contributed by atoms with Crippen LogP contribution in [0, 0.1) is 0 Å². The van der Waals surface area contributed by atoms with E-state index in [0.717, 1.165) is 5.56 Å². The number of urea groups is 1. The van der Waals surface area contributed by atoms with Crippen LogP contribution < -0.4 is 25.8 Å². The SMILES string of the molecule is O=C(O)CN1c2ccccc2C(=O)N(CC(=O)NCc2csc(NC(=O)NCc3ccccc3)n2)c2ccccc21. The quantitative estimate of drug-likeness (QED) is 0.238. The number of fused-ring (bicyclic) bond motifs is 2. The molecule has 0 bridgehead atoms. The Kier molecular flexibility index (Phi) is 8.20. The third kappa shape index (κ3) is 6.50. The summed E-state index contributed by atoms with van der Waals surface area (Å²) in [7, 11) is 0. The number of thiazole rings is 1. The van der Waals surface area contributed by atoms with E-state index in [0.29, 0.717) is 40.0 Å². The van der Waals surface area contributed by atoms with Crippen LogP contribution in [0.5, 0.6) is 0 Å². The zero-order valence-electron chi connectivity index (χ0n) is 21.7. The first-order valence-corrected chi connectivity index (χ1v) is 13.6. The average molecular weight is 571 g/mol. The summed E-state index contributed by atoms with van der Waals surface area (Å²) in [6.45, 7) is -0.181. The fourth-order valence-corrected chi connectivity index (χ4v) is 5.12. The molecule has 1 aliphatic heterocycles. The van der Waals surface area contributed by atoms with Crippen molar-refractivity contribution in [1.82, 2.24) is 15.6 Å². The molecule has 2 heterocycles. The van der Waals surface area contributed by atoms with Gasteiger partial charge in [-0.25, -0.2) is 9.78 Å². The largest absolute Gasteiger partial charge is 0.480 e. The van der Waals surface area contributed by atoms with Gasteiger partial charge in [0.1, 0.15) is 13.1 Å². The van der Waals surface area contributed by atoms with Gasteiger partial charge in [0.25, 0.3) is 5.91 Å². The van der Waals surface area contributed by atoms with Gasteiger partial charge in [-0.15, -0.1) is 11.3 Å². The summed E-state index contributed by atoms with van der Waals surface area (Å²) in [4.78, 5) is 57.8. The molecule has 0 atom stereocenters. The van der Waals surface area contributed by atoms with Gasteiger partial charge in [-0.3, -0.25) is 24.6 Å². The molecule has 3 aromatic carbocycles. The van der Waals surface area contributed by atoms with Crippen LogP contribution in [0.15, 0.2) is 84.2 Å². The lowest BCUT2D eigenvalue weighted by atomic mass is 10.1. The maximum Gasteiger partial charge on any atom is 0.323 e. The minimum Gasteiger partial charge on any atom is -0.480 e. The van der Waals surface area contributed by atoms with Gasteiger partial charge in [0, 0.05) is 11.9 Å². The number of carboxylic acid groups (broad SMARTS) is 1. The number of rotatable bonds is 9. The Hall–Kier alpha value is -5.23. The fourth-order valence-electron chi connectivity index (χ4n) is 4.41. The Morgan fingerprint density at radius 2 is 1.44 bits per heavy atom. The number of amides is 4. The maximum atomic E-state index is 13.6. The fraction of sp³-hybridized carbons (Fsp3) is 0.138. The third-order valence-electron chi connectivity index (χ3n) is 6.26. The highest BCUT2D eigenvalue weighted by molar-refractivity contribution is 7.13. The van der Waals surface area contributed by atoms with Gasteiger partial charge in [0.05, 0.1) is 34.9 Å². The highest BCUT2D eigenvalue weighted by atomic mass is 32.1. The van der Waals surface area contributed by atoms with Gasteiger partial charge < -0.3 is 20.6 Å². The van der Waals surface area contributed by atoms with Crippen molar-refractivity contribution in [3.05, 3.63) is 101 Å². The molecule has 4 amide bonds.